The maximum Gasteiger partial charge on any atom is 0.309 e. The summed E-state index contributed by atoms with van der Waals surface area (Å²) in [5.74, 6) is -0.0584. The summed E-state index contributed by atoms with van der Waals surface area (Å²) in [4.78, 5) is 16.3. The van der Waals surface area contributed by atoms with Gasteiger partial charge in [-0.1, -0.05) is 6.92 Å². The lowest BCUT2D eigenvalue weighted by Crippen LogP contribution is -2.44. The Kier molecular flexibility index (Phi) is 5.92. The fraction of sp³-hybridized carbons (Fsp3) is 0.923. The van der Waals surface area contributed by atoms with E-state index < -0.39 is 0 Å². The molecule has 0 aromatic heterocycles. The lowest BCUT2D eigenvalue weighted by molar-refractivity contribution is -0.146. The smallest absolute Gasteiger partial charge is 0.309 e. The molecule has 4 heteroatoms. The SMILES string of the molecule is CCC(CN(C)C1CCN(C)CC1)C(=O)OC. The number of piperidine rings is 1. The zero-order valence-electron chi connectivity index (χ0n) is 11.6. The average Bonchev–Trinajstić information content (AvgIpc) is 2.35. The van der Waals surface area contributed by atoms with E-state index >= 15 is 0 Å². The first-order chi connectivity index (χ1) is 8.08. The van der Waals surface area contributed by atoms with Crippen LogP contribution in [0, 0.1) is 5.92 Å². The first kappa shape index (κ1) is 14.5. The Morgan fingerprint density at radius 1 is 1.47 bits per heavy atom. The minimum absolute atomic E-state index is 0.0182. The molecular weight excluding hydrogens is 216 g/mol. The summed E-state index contributed by atoms with van der Waals surface area (Å²) in [6.45, 7) is 5.18. The van der Waals surface area contributed by atoms with Gasteiger partial charge in [0.1, 0.15) is 0 Å². The van der Waals surface area contributed by atoms with Crippen LogP contribution >= 0.6 is 0 Å². The molecule has 0 radical (unpaired) electrons. The third-order valence-corrected chi connectivity index (χ3v) is 3.85. The van der Waals surface area contributed by atoms with E-state index in [-0.39, 0.29) is 11.9 Å². The van der Waals surface area contributed by atoms with E-state index in [1.54, 1.807) is 0 Å². The highest BCUT2D eigenvalue weighted by molar-refractivity contribution is 5.72. The van der Waals surface area contributed by atoms with Crippen LogP contribution in [0.2, 0.25) is 0 Å². The molecule has 1 heterocycles. The summed E-state index contributed by atoms with van der Waals surface area (Å²) in [7, 11) is 5.77. The topological polar surface area (TPSA) is 32.8 Å². The molecule has 0 N–H and O–H groups in total. The average molecular weight is 242 g/mol. The van der Waals surface area contributed by atoms with E-state index in [0.29, 0.717) is 6.04 Å². The number of hydrogen-bond donors (Lipinski definition) is 0. The van der Waals surface area contributed by atoms with E-state index in [1.165, 1.54) is 20.0 Å². The van der Waals surface area contributed by atoms with Crippen molar-refractivity contribution in [3.05, 3.63) is 0 Å². The Bertz CT molecular complexity index is 238. The van der Waals surface area contributed by atoms with E-state index in [9.17, 15) is 4.79 Å². The molecule has 0 aromatic rings. The Morgan fingerprint density at radius 2 is 2.06 bits per heavy atom. The van der Waals surface area contributed by atoms with Gasteiger partial charge >= 0.3 is 5.97 Å². The lowest BCUT2D eigenvalue weighted by Gasteiger charge is -2.36. The fourth-order valence-corrected chi connectivity index (χ4v) is 2.47. The van der Waals surface area contributed by atoms with Crippen LogP contribution in [-0.2, 0) is 9.53 Å². The van der Waals surface area contributed by atoms with Crippen LogP contribution < -0.4 is 0 Å². The molecule has 0 bridgehead atoms. The van der Waals surface area contributed by atoms with Gasteiger partial charge in [-0.05, 0) is 46.4 Å². The Hall–Kier alpha value is -0.610. The maximum absolute atomic E-state index is 11.6. The van der Waals surface area contributed by atoms with Gasteiger partial charge in [-0.2, -0.15) is 0 Å². The van der Waals surface area contributed by atoms with Gasteiger partial charge in [-0.3, -0.25) is 4.79 Å². The molecule has 0 spiro atoms. The van der Waals surface area contributed by atoms with Crippen LogP contribution in [0.4, 0.5) is 0 Å². The van der Waals surface area contributed by atoms with Gasteiger partial charge in [-0.25, -0.2) is 0 Å². The monoisotopic (exact) mass is 242 g/mol. The second-order valence-electron chi connectivity index (χ2n) is 5.10. The largest absolute Gasteiger partial charge is 0.469 e. The van der Waals surface area contributed by atoms with Gasteiger partial charge in [-0.15, -0.1) is 0 Å². The summed E-state index contributed by atoms with van der Waals surface area (Å²) in [6.07, 6.45) is 3.25. The van der Waals surface area contributed by atoms with Gasteiger partial charge in [0.2, 0.25) is 0 Å². The zero-order chi connectivity index (χ0) is 12.8. The minimum atomic E-state index is -0.0766. The van der Waals surface area contributed by atoms with Crippen LogP contribution in [0.25, 0.3) is 0 Å². The summed E-state index contributed by atoms with van der Waals surface area (Å²) >= 11 is 0. The molecule has 0 aliphatic carbocycles. The molecule has 1 atom stereocenters. The normalized spacial score (nSPS) is 20.5. The van der Waals surface area contributed by atoms with Gasteiger partial charge in [0.25, 0.3) is 0 Å². The van der Waals surface area contributed by atoms with Crippen molar-refractivity contribution in [2.24, 2.45) is 5.92 Å². The molecular formula is C13H26N2O2. The standard InChI is InChI=1S/C13H26N2O2/c1-5-11(13(16)17-4)10-15(3)12-6-8-14(2)9-7-12/h11-12H,5-10H2,1-4H3. The lowest BCUT2D eigenvalue weighted by atomic mass is 10.0. The molecule has 0 aromatic carbocycles. The third kappa shape index (κ3) is 4.28. The molecule has 1 aliphatic rings. The van der Waals surface area contributed by atoms with Crippen LogP contribution in [0.15, 0.2) is 0 Å². The molecule has 0 saturated carbocycles. The van der Waals surface area contributed by atoms with Crippen LogP contribution in [0.3, 0.4) is 0 Å². The zero-order valence-corrected chi connectivity index (χ0v) is 11.6. The number of esters is 1. The van der Waals surface area contributed by atoms with Crippen molar-refractivity contribution in [3.8, 4) is 0 Å². The van der Waals surface area contributed by atoms with E-state index in [1.807, 2.05) is 6.92 Å². The highest BCUT2D eigenvalue weighted by atomic mass is 16.5. The maximum atomic E-state index is 11.6. The summed E-state index contributed by atoms with van der Waals surface area (Å²) in [6, 6.07) is 0.616. The van der Waals surface area contributed by atoms with Crippen LogP contribution in [0.1, 0.15) is 26.2 Å². The Balaban J connectivity index is 2.41. The van der Waals surface area contributed by atoms with Crippen molar-refractivity contribution in [3.63, 3.8) is 0 Å². The van der Waals surface area contributed by atoms with Crippen molar-refractivity contribution in [1.29, 1.82) is 0 Å². The summed E-state index contributed by atoms with van der Waals surface area (Å²) in [5, 5.41) is 0. The molecule has 0 amide bonds. The molecule has 1 unspecified atom stereocenters. The predicted molar refractivity (Wildman–Crippen MR) is 68.9 cm³/mol. The number of ether oxygens (including phenoxy) is 1. The Labute approximate surface area is 105 Å². The number of rotatable bonds is 5. The number of carbonyl (C=O) groups excluding carboxylic acids is 1. The second kappa shape index (κ2) is 6.97. The summed E-state index contributed by atoms with van der Waals surface area (Å²) < 4.78 is 4.83. The second-order valence-corrected chi connectivity index (χ2v) is 5.10. The van der Waals surface area contributed by atoms with E-state index in [0.717, 1.165) is 26.1 Å². The molecule has 4 nitrogen and oxygen atoms in total. The number of likely N-dealkylation sites (tertiary alicyclic amines) is 1. The van der Waals surface area contributed by atoms with Crippen molar-refractivity contribution in [2.75, 3.05) is 40.8 Å². The molecule has 1 fully saturated rings. The number of hydrogen-bond acceptors (Lipinski definition) is 4. The number of methoxy groups -OCH3 is 1. The van der Waals surface area contributed by atoms with Crippen LogP contribution in [0.5, 0.6) is 0 Å². The first-order valence-electron chi connectivity index (χ1n) is 6.55. The minimum Gasteiger partial charge on any atom is -0.469 e. The first-order valence-corrected chi connectivity index (χ1v) is 6.55. The van der Waals surface area contributed by atoms with Crippen LogP contribution in [-0.4, -0.2) is 62.7 Å². The highest BCUT2D eigenvalue weighted by Crippen LogP contribution is 2.17. The van der Waals surface area contributed by atoms with Crippen molar-refractivity contribution >= 4 is 5.97 Å². The van der Waals surface area contributed by atoms with Gasteiger partial charge in [0.15, 0.2) is 0 Å². The third-order valence-electron chi connectivity index (χ3n) is 3.85. The quantitative estimate of drug-likeness (QED) is 0.679. The number of carbonyl (C=O) groups is 1. The molecule has 17 heavy (non-hydrogen) atoms. The van der Waals surface area contributed by atoms with Crippen molar-refractivity contribution in [1.82, 2.24) is 9.80 Å². The predicted octanol–water partition coefficient (Wildman–Crippen LogP) is 1.21. The van der Waals surface area contributed by atoms with Gasteiger partial charge in [0.05, 0.1) is 13.0 Å². The number of nitrogens with zero attached hydrogens (tertiary/aromatic N) is 2. The van der Waals surface area contributed by atoms with E-state index in [4.69, 9.17) is 4.74 Å². The Morgan fingerprint density at radius 3 is 2.53 bits per heavy atom. The highest BCUT2D eigenvalue weighted by Gasteiger charge is 2.25. The van der Waals surface area contributed by atoms with Gasteiger partial charge < -0.3 is 14.5 Å². The molecule has 1 saturated heterocycles. The molecule has 1 rings (SSSR count). The van der Waals surface area contributed by atoms with Gasteiger partial charge in [0, 0.05) is 12.6 Å². The van der Waals surface area contributed by atoms with E-state index in [2.05, 4.69) is 23.9 Å². The molecule has 1 aliphatic heterocycles. The molecule has 100 valence electrons. The van der Waals surface area contributed by atoms with Crippen molar-refractivity contribution < 1.29 is 9.53 Å². The summed E-state index contributed by atoms with van der Waals surface area (Å²) in [5.41, 5.74) is 0. The fourth-order valence-electron chi connectivity index (χ4n) is 2.47. The van der Waals surface area contributed by atoms with Crippen molar-refractivity contribution in [2.45, 2.75) is 32.2 Å².